The van der Waals surface area contributed by atoms with Gasteiger partial charge < -0.3 is 0 Å². The standard InChI is InChI=1S/C11H16IN/c1-8(11-4-5-13-11)6-12-7-10(12)9-2-3-9/h2,5,8,10-11H,3-4,6-7H2,1H3/t8-,10?,11?/m1/s1. The summed E-state index contributed by atoms with van der Waals surface area (Å²) in [6.45, 7) is 2.41. The molecule has 2 aliphatic heterocycles. The van der Waals surface area contributed by atoms with Crippen LogP contribution in [0.25, 0.3) is 0 Å². The van der Waals surface area contributed by atoms with Crippen molar-refractivity contribution in [3.8, 4) is 0 Å². The molecule has 0 bridgehead atoms. The molecule has 1 aliphatic carbocycles. The quantitative estimate of drug-likeness (QED) is 0.429. The summed E-state index contributed by atoms with van der Waals surface area (Å²) in [7, 11) is 0. The van der Waals surface area contributed by atoms with Gasteiger partial charge in [-0.2, -0.15) is 0 Å². The first kappa shape index (κ1) is 8.45. The van der Waals surface area contributed by atoms with E-state index >= 15 is 0 Å². The van der Waals surface area contributed by atoms with Gasteiger partial charge >= 0.3 is 87.2 Å². The van der Waals surface area contributed by atoms with Gasteiger partial charge in [-0.1, -0.05) is 0 Å². The fourth-order valence-electron chi connectivity index (χ4n) is 1.94. The zero-order valence-corrected chi connectivity index (χ0v) is 10.2. The van der Waals surface area contributed by atoms with E-state index in [4.69, 9.17) is 0 Å². The zero-order valence-electron chi connectivity index (χ0n) is 8.04. The second kappa shape index (κ2) is 3.07. The average Bonchev–Trinajstić information content (AvgIpc) is 2.72. The Kier molecular flexibility index (Phi) is 2.00. The van der Waals surface area contributed by atoms with E-state index in [2.05, 4.69) is 24.2 Å². The Morgan fingerprint density at radius 2 is 2.46 bits per heavy atom. The van der Waals surface area contributed by atoms with Crippen molar-refractivity contribution in [3.05, 3.63) is 11.6 Å². The minimum absolute atomic E-state index is 0.433. The number of aliphatic imine (C=N–C) groups is 1. The molecule has 72 valence electrons. The molecule has 0 radical (unpaired) electrons. The van der Waals surface area contributed by atoms with Gasteiger partial charge in [-0.25, -0.2) is 0 Å². The van der Waals surface area contributed by atoms with Crippen molar-refractivity contribution >= 4 is 26.0 Å². The summed E-state index contributed by atoms with van der Waals surface area (Å²) in [6, 6.07) is 0.715. The Bertz CT molecular complexity index is 282. The van der Waals surface area contributed by atoms with Crippen LogP contribution in [0.3, 0.4) is 0 Å². The fourth-order valence-corrected chi connectivity index (χ4v) is 9.88. The minimum atomic E-state index is -0.433. The summed E-state index contributed by atoms with van der Waals surface area (Å²) in [6.07, 6.45) is 7.15. The monoisotopic (exact) mass is 289 g/mol. The molecule has 3 atom stereocenters. The van der Waals surface area contributed by atoms with E-state index in [0.29, 0.717) is 6.04 Å². The summed E-state index contributed by atoms with van der Waals surface area (Å²) in [4.78, 5) is 4.42. The van der Waals surface area contributed by atoms with Crippen molar-refractivity contribution in [2.45, 2.75) is 29.7 Å². The molecule has 3 aliphatic rings. The van der Waals surface area contributed by atoms with Gasteiger partial charge in [-0.15, -0.1) is 0 Å². The molecule has 0 spiro atoms. The SMILES string of the molecule is C[C@H](CI1CC1C1=CC1)C1CC=N1. The second-order valence-electron chi connectivity index (χ2n) is 4.37. The Morgan fingerprint density at radius 3 is 3.00 bits per heavy atom. The Labute approximate surface area is 87.1 Å². The summed E-state index contributed by atoms with van der Waals surface area (Å²) >= 11 is -0.433. The molecule has 0 amide bonds. The maximum atomic E-state index is 4.42. The number of allylic oxidation sites excluding steroid dienone is 2. The molecule has 0 aromatic heterocycles. The summed E-state index contributed by atoms with van der Waals surface area (Å²) in [5.74, 6) is 0.902. The van der Waals surface area contributed by atoms with Crippen molar-refractivity contribution in [2.75, 3.05) is 8.86 Å². The number of nitrogens with zero attached hydrogens (tertiary/aromatic N) is 1. The second-order valence-corrected chi connectivity index (χ2v) is 10.5. The molecule has 1 saturated heterocycles. The summed E-state index contributed by atoms with van der Waals surface area (Å²) in [5, 5.41) is 0. The zero-order chi connectivity index (χ0) is 8.84. The van der Waals surface area contributed by atoms with Crippen LogP contribution in [0.2, 0.25) is 0 Å². The third-order valence-corrected chi connectivity index (χ3v) is 9.96. The molecule has 1 nitrogen and oxygen atoms in total. The Balaban J connectivity index is 1.47. The first-order valence-electron chi connectivity index (χ1n) is 5.15. The molecule has 2 unspecified atom stereocenters. The molecule has 0 aromatic carbocycles. The Morgan fingerprint density at radius 1 is 1.69 bits per heavy atom. The molecular weight excluding hydrogens is 273 g/mol. The molecular formula is C11H16IN. The van der Waals surface area contributed by atoms with Gasteiger partial charge in [-0.3, -0.25) is 0 Å². The van der Waals surface area contributed by atoms with E-state index in [1.165, 1.54) is 12.8 Å². The van der Waals surface area contributed by atoms with E-state index in [9.17, 15) is 0 Å². The first-order valence-corrected chi connectivity index (χ1v) is 9.45. The van der Waals surface area contributed by atoms with E-state index in [0.717, 1.165) is 9.84 Å². The summed E-state index contributed by atoms with van der Waals surface area (Å²) < 4.78 is 4.38. The first-order chi connectivity index (χ1) is 6.34. The average molecular weight is 289 g/mol. The molecule has 3 rings (SSSR count). The number of halogens is 1. The Hall–Kier alpha value is 0.140. The normalized spacial score (nSPS) is 39.5. The third kappa shape index (κ3) is 1.69. The van der Waals surface area contributed by atoms with Gasteiger partial charge in [-0.05, 0) is 0 Å². The number of hydrogen-bond donors (Lipinski definition) is 0. The van der Waals surface area contributed by atoms with Gasteiger partial charge in [0.05, 0.1) is 0 Å². The van der Waals surface area contributed by atoms with Crippen LogP contribution in [0, 0.1) is 5.92 Å². The predicted octanol–water partition coefficient (Wildman–Crippen LogP) is 2.68. The van der Waals surface area contributed by atoms with Crippen LogP contribution in [0.4, 0.5) is 0 Å². The summed E-state index contributed by atoms with van der Waals surface area (Å²) in [5.41, 5.74) is 1.83. The van der Waals surface area contributed by atoms with Crippen LogP contribution < -0.4 is 0 Å². The van der Waals surface area contributed by atoms with Crippen molar-refractivity contribution in [3.63, 3.8) is 0 Å². The van der Waals surface area contributed by atoms with Gasteiger partial charge in [0.1, 0.15) is 0 Å². The van der Waals surface area contributed by atoms with Crippen LogP contribution in [0.15, 0.2) is 16.6 Å². The van der Waals surface area contributed by atoms with Gasteiger partial charge in [0, 0.05) is 0 Å². The maximum absolute atomic E-state index is 4.42. The van der Waals surface area contributed by atoms with E-state index in [-0.39, 0.29) is 0 Å². The molecule has 2 heteroatoms. The topological polar surface area (TPSA) is 12.4 Å². The van der Waals surface area contributed by atoms with Crippen LogP contribution in [-0.2, 0) is 0 Å². The van der Waals surface area contributed by atoms with Crippen molar-refractivity contribution in [1.82, 2.24) is 0 Å². The molecule has 2 heterocycles. The van der Waals surface area contributed by atoms with E-state index in [1.54, 1.807) is 8.86 Å². The molecule has 13 heavy (non-hydrogen) atoms. The van der Waals surface area contributed by atoms with Crippen molar-refractivity contribution < 1.29 is 0 Å². The van der Waals surface area contributed by atoms with Crippen LogP contribution in [0.5, 0.6) is 0 Å². The molecule has 0 saturated carbocycles. The van der Waals surface area contributed by atoms with Gasteiger partial charge in [0.2, 0.25) is 0 Å². The molecule has 1 fully saturated rings. The fraction of sp³-hybridized carbons (Fsp3) is 0.727. The molecule has 0 N–H and O–H groups in total. The number of alkyl halides is 3. The van der Waals surface area contributed by atoms with Gasteiger partial charge in [0.25, 0.3) is 0 Å². The van der Waals surface area contributed by atoms with Crippen molar-refractivity contribution in [2.24, 2.45) is 10.9 Å². The van der Waals surface area contributed by atoms with E-state index in [1.807, 2.05) is 5.57 Å². The molecule has 0 aromatic rings. The van der Waals surface area contributed by atoms with Crippen LogP contribution in [-0.4, -0.2) is 25.0 Å². The van der Waals surface area contributed by atoms with Gasteiger partial charge in [0.15, 0.2) is 0 Å². The predicted molar refractivity (Wildman–Crippen MR) is 66.3 cm³/mol. The van der Waals surface area contributed by atoms with Crippen LogP contribution >= 0.6 is 19.8 Å². The third-order valence-electron chi connectivity index (χ3n) is 3.19. The number of rotatable bonds is 4. The van der Waals surface area contributed by atoms with E-state index < -0.39 is 19.8 Å². The van der Waals surface area contributed by atoms with Crippen molar-refractivity contribution in [1.29, 1.82) is 0 Å². The number of hydrogen-bond acceptors (Lipinski definition) is 1. The van der Waals surface area contributed by atoms with Crippen LogP contribution in [0.1, 0.15) is 19.8 Å².